The lowest BCUT2D eigenvalue weighted by atomic mass is 10.0. The van der Waals surface area contributed by atoms with Crippen LogP contribution in [0.1, 0.15) is 30.0 Å². The van der Waals surface area contributed by atoms with Crippen molar-refractivity contribution in [2.75, 3.05) is 6.54 Å². The van der Waals surface area contributed by atoms with Crippen LogP contribution in [0.25, 0.3) is 0 Å². The maximum absolute atomic E-state index is 3.57. The van der Waals surface area contributed by atoms with Gasteiger partial charge >= 0.3 is 0 Å². The Labute approximate surface area is 87.7 Å². The first-order chi connectivity index (χ1) is 6.27. The molecule has 1 aromatic rings. The maximum atomic E-state index is 3.57. The van der Waals surface area contributed by atoms with Crippen LogP contribution in [0, 0.1) is 6.92 Å². The normalized spacial score (nSPS) is 22.2. The van der Waals surface area contributed by atoms with Crippen molar-refractivity contribution in [3.05, 3.63) is 33.8 Å². The summed E-state index contributed by atoms with van der Waals surface area (Å²) in [5.74, 6) is 0. The summed E-state index contributed by atoms with van der Waals surface area (Å²) in [4.78, 5) is 0. The Morgan fingerprint density at radius 3 is 2.92 bits per heavy atom. The first-order valence-corrected chi connectivity index (χ1v) is 5.56. The lowest BCUT2D eigenvalue weighted by Crippen LogP contribution is -2.12. The smallest absolute Gasteiger partial charge is 0.0321 e. The fourth-order valence-corrected chi connectivity index (χ4v) is 2.19. The Bertz CT molecular complexity index is 303. The molecule has 13 heavy (non-hydrogen) atoms. The van der Waals surface area contributed by atoms with E-state index < -0.39 is 0 Å². The molecule has 1 aliphatic rings. The molecule has 2 rings (SSSR count). The highest BCUT2D eigenvalue weighted by atomic mass is 79.9. The van der Waals surface area contributed by atoms with E-state index in [1.54, 1.807) is 0 Å². The van der Waals surface area contributed by atoms with Gasteiger partial charge < -0.3 is 5.32 Å². The van der Waals surface area contributed by atoms with Gasteiger partial charge in [-0.15, -0.1) is 0 Å². The number of hydrogen-bond donors (Lipinski definition) is 1. The van der Waals surface area contributed by atoms with Gasteiger partial charge in [0.15, 0.2) is 0 Å². The maximum Gasteiger partial charge on any atom is 0.0321 e. The predicted molar refractivity (Wildman–Crippen MR) is 58.9 cm³/mol. The predicted octanol–water partition coefficient (Wildman–Crippen LogP) is 3.18. The Kier molecular flexibility index (Phi) is 2.70. The molecule has 1 saturated heterocycles. The van der Waals surface area contributed by atoms with Crippen LogP contribution in [0.2, 0.25) is 0 Å². The van der Waals surface area contributed by atoms with Gasteiger partial charge in [-0.3, -0.25) is 0 Å². The van der Waals surface area contributed by atoms with Gasteiger partial charge in [0.1, 0.15) is 0 Å². The molecule has 1 N–H and O–H groups in total. The second-order valence-corrected chi connectivity index (χ2v) is 4.51. The summed E-state index contributed by atoms with van der Waals surface area (Å²) in [6, 6.07) is 7.22. The molecule has 2 heteroatoms. The Balaban J connectivity index is 2.25. The summed E-state index contributed by atoms with van der Waals surface area (Å²) < 4.78 is 1.22. The summed E-state index contributed by atoms with van der Waals surface area (Å²) in [5, 5.41) is 3.50. The van der Waals surface area contributed by atoms with Crippen LogP contribution in [0.15, 0.2) is 22.7 Å². The second-order valence-electron chi connectivity index (χ2n) is 3.66. The van der Waals surface area contributed by atoms with E-state index in [1.165, 1.54) is 28.4 Å². The molecule has 1 nitrogen and oxygen atoms in total. The van der Waals surface area contributed by atoms with E-state index in [0.29, 0.717) is 6.04 Å². The van der Waals surface area contributed by atoms with Crippen molar-refractivity contribution in [1.29, 1.82) is 0 Å². The van der Waals surface area contributed by atoms with E-state index >= 15 is 0 Å². The highest BCUT2D eigenvalue weighted by molar-refractivity contribution is 9.10. The molecule has 1 aromatic carbocycles. The zero-order valence-electron chi connectivity index (χ0n) is 7.81. The van der Waals surface area contributed by atoms with Crippen molar-refractivity contribution in [2.24, 2.45) is 0 Å². The Hall–Kier alpha value is -0.340. The number of hydrogen-bond acceptors (Lipinski definition) is 1. The number of benzene rings is 1. The minimum atomic E-state index is 0.580. The van der Waals surface area contributed by atoms with E-state index in [4.69, 9.17) is 0 Å². The first kappa shape index (κ1) is 9.22. The molecule has 0 aliphatic carbocycles. The zero-order chi connectivity index (χ0) is 9.26. The fourth-order valence-electron chi connectivity index (χ4n) is 1.79. The summed E-state index contributed by atoms with van der Waals surface area (Å²) in [5.41, 5.74) is 2.72. The van der Waals surface area contributed by atoms with Crippen LogP contribution in [0.3, 0.4) is 0 Å². The van der Waals surface area contributed by atoms with Gasteiger partial charge in [-0.2, -0.15) is 0 Å². The monoisotopic (exact) mass is 239 g/mol. The fraction of sp³-hybridized carbons (Fsp3) is 0.455. The lowest BCUT2D eigenvalue weighted by Gasteiger charge is -2.11. The van der Waals surface area contributed by atoms with Crippen LogP contribution in [0.4, 0.5) is 0 Å². The van der Waals surface area contributed by atoms with Crippen LogP contribution in [-0.2, 0) is 0 Å². The van der Waals surface area contributed by atoms with E-state index in [0.717, 1.165) is 6.54 Å². The molecule has 0 bridgehead atoms. The van der Waals surface area contributed by atoms with Gasteiger partial charge in [0, 0.05) is 10.5 Å². The largest absolute Gasteiger partial charge is 0.310 e. The van der Waals surface area contributed by atoms with Crippen molar-refractivity contribution >= 4 is 15.9 Å². The minimum absolute atomic E-state index is 0.580. The highest BCUT2D eigenvalue weighted by Gasteiger charge is 2.16. The molecule has 1 aliphatic heterocycles. The molecular weight excluding hydrogens is 226 g/mol. The van der Waals surface area contributed by atoms with Gasteiger partial charge in [0.25, 0.3) is 0 Å². The van der Waals surface area contributed by atoms with E-state index in [2.05, 4.69) is 46.4 Å². The van der Waals surface area contributed by atoms with Crippen LogP contribution in [-0.4, -0.2) is 6.54 Å². The molecule has 1 heterocycles. The van der Waals surface area contributed by atoms with Crippen molar-refractivity contribution < 1.29 is 0 Å². The van der Waals surface area contributed by atoms with Crippen molar-refractivity contribution in [3.63, 3.8) is 0 Å². The molecule has 1 fully saturated rings. The molecule has 0 radical (unpaired) electrons. The quantitative estimate of drug-likeness (QED) is 0.794. The molecule has 0 spiro atoms. The third-order valence-corrected chi connectivity index (χ3v) is 3.51. The second kappa shape index (κ2) is 3.81. The highest BCUT2D eigenvalue weighted by Crippen LogP contribution is 2.26. The SMILES string of the molecule is Cc1ccc([C@H]2CCCN2)cc1Br. The average Bonchev–Trinajstić information content (AvgIpc) is 2.62. The standard InChI is InChI=1S/C11H14BrN/c1-8-4-5-9(7-10(8)12)11-3-2-6-13-11/h4-5,7,11,13H,2-3,6H2,1H3/t11-/m1/s1. The minimum Gasteiger partial charge on any atom is -0.310 e. The van der Waals surface area contributed by atoms with Crippen LogP contribution >= 0.6 is 15.9 Å². The van der Waals surface area contributed by atoms with E-state index in [1.807, 2.05) is 0 Å². The third kappa shape index (κ3) is 1.94. The number of nitrogens with one attached hydrogen (secondary N) is 1. The molecule has 0 amide bonds. The lowest BCUT2D eigenvalue weighted by molar-refractivity contribution is 0.647. The first-order valence-electron chi connectivity index (χ1n) is 4.77. The van der Waals surface area contributed by atoms with Gasteiger partial charge in [-0.1, -0.05) is 28.1 Å². The zero-order valence-corrected chi connectivity index (χ0v) is 9.39. The number of aryl methyl sites for hydroxylation is 1. The van der Waals surface area contributed by atoms with Crippen molar-refractivity contribution in [3.8, 4) is 0 Å². The van der Waals surface area contributed by atoms with E-state index in [-0.39, 0.29) is 0 Å². The third-order valence-electron chi connectivity index (χ3n) is 2.66. The van der Waals surface area contributed by atoms with Gasteiger partial charge in [0.05, 0.1) is 0 Å². The summed E-state index contributed by atoms with van der Waals surface area (Å²) in [6.45, 7) is 3.28. The van der Waals surface area contributed by atoms with Gasteiger partial charge in [-0.05, 0) is 43.5 Å². The topological polar surface area (TPSA) is 12.0 Å². The summed E-state index contributed by atoms with van der Waals surface area (Å²) in [7, 11) is 0. The van der Waals surface area contributed by atoms with Crippen LogP contribution in [0.5, 0.6) is 0 Å². The van der Waals surface area contributed by atoms with Crippen molar-refractivity contribution in [1.82, 2.24) is 5.32 Å². The van der Waals surface area contributed by atoms with Crippen LogP contribution < -0.4 is 5.32 Å². The molecular formula is C11H14BrN. The van der Waals surface area contributed by atoms with Crippen molar-refractivity contribution in [2.45, 2.75) is 25.8 Å². The molecule has 70 valence electrons. The molecule has 0 aromatic heterocycles. The number of rotatable bonds is 1. The molecule has 0 unspecified atom stereocenters. The van der Waals surface area contributed by atoms with E-state index in [9.17, 15) is 0 Å². The van der Waals surface area contributed by atoms with Gasteiger partial charge in [-0.25, -0.2) is 0 Å². The van der Waals surface area contributed by atoms with Gasteiger partial charge in [0.2, 0.25) is 0 Å². The summed E-state index contributed by atoms with van der Waals surface area (Å²) in [6.07, 6.45) is 2.58. The average molecular weight is 240 g/mol. The Morgan fingerprint density at radius 1 is 1.46 bits per heavy atom. The molecule has 1 atom stereocenters. The summed E-state index contributed by atoms with van der Waals surface area (Å²) >= 11 is 3.57. The molecule has 0 saturated carbocycles. The number of halogens is 1. The Morgan fingerprint density at radius 2 is 2.31 bits per heavy atom.